The van der Waals surface area contributed by atoms with E-state index >= 15 is 0 Å². The number of rotatable bonds is 10. The van der Waals surface area contributed by atoms with Crippen LogP contribution in [0, 0.1) is 17.1 Å². The van der Waals surface area contributed by atoms with Crippen molar-refractivity contribution in [3.05, 3.63) is 89.2 Å². The molecule has 164 valence electrons. The summed E-state index contributed by atoms with van der Waals surface area (Å²) < 4.78 is 24.8. The van der Waals surface area contributed by atoms with Crippen LogP contribution in [0.15, 0.2) is 66.7 Å². The molecule has 2 N–H and O–H groups in total. The first-order valence-electron chi connectivity index (χ1n) is 10.1. The molecule has 7 heteroatoms. The first-order valence-corrected chi connectivity index (χ1v) is 10.1. The normalized spacial score (nSPS) is 11.3. The minimum absolute atomic E-state index is 0.291. The molecule has 0 aliphatic rings. The molecule has 0 aliphatic heterocycles. The van der Waals surface area contributed by atoms with E-state index in [1.165, 1.54) is 12.1 Å². The number of ether oxygens (including phenoxy) is 2. The zero-order valence-corrected chi connectivity index (χ0v) is 17.5. The zero-order chi connectivity index (χ0) is 22.9. The second-order valence-electron chi connectivity index (χ2n) is 7.00. The van der Waals surface area contributed by atoms with Gasteiger partial charge in [-0.15, -0.1) is 0 Å². The summed E-state index contributed by atoms with van der Waals surface area (Å²) in [6.07, 6.45) is 0.498. The van der Waals surface area contributed by atoms with Gasteiger partial charge >= 0.3 is 5.97 Å². The molecule has 0 bridgehead atoms. The Kier molecular flexibility index (Phi) is 7.65. The molecule has 0 radical (unpaired) electrons. The average Bonchev–Trinajstić information content (AvgIpc) is 2.78. The van der Waals surface area contributed by atoms with Crippen LogP contribution in [0.4, 0.5) is 10.1 Å². The summed E-state index contributed by atoms with van der Waals surface area (Å²) >= 11 is 0. The van der Waals surface area contributed by atoms with E-state index in [1.807, 2.05) is 19.1 Å². The summed E-state index contributed by atoms with van der Waals surface area (Å²) in [4.78, 5) is 12.0. The lowest BCUT2D eigenvalue weighted by atomic mass is 10.1. The Bertz CT molecular complexity index is 1110. The third-order valence-electron chi connectivity index (χ3n) is 4.67. The van der Waals surface area contributed by atoms with Crippen molar-refractivity contribution in [2.24, 2.45) is 0 Å². The average molecular weight is 434 g/mol. The van der Waals surface area contributed by atoms with E-state index in [2.05, 4.69) is 5.32 Å². The first-order chi connectivity index (χ1) is 15.5. The van der Waals surface area contributed by atoms with Gasteiger partial charge in [-0.05, 0) is 66.6 Å². The van der Waals surface area contributed by atoms with Crippen molar-refractivity contribution in [2.75, 3.05) is 18.5 Å². The molecule has 0 spiro atoms. The first kappa shape index (κ1) is 22.6. The highest BCUT2D eigenvalue weighted by Crippen LogP contribution is 2.29. The molecular weight excluding hydrogens is 411 g/mol. The Labute approximate surface area is 185 Å². The van der Waals surface area contributed by atoms with Crippen molar-refractivity contribution >= 4 is 11.7 Å². The Morgan fingerprint density at radius 1 is 1.09 bits per heavy atom. The maximum Gasteiger partial charge on any atom is 0.330 e. The summed E-state index contributed by atoms with van der Waals surface area (Å²) in [7, 11) is 0. The molecule has 0 heterocycles. The summed E-state index contributed by atoms with van der Waals surface area (Å²) in [5.41, 5.74) is 2.30. The zero-order valence-electron chi connectivity index (χ0n) is 17.5. The van der Waals surface area contributed by atoms with Gasteiger partial charge in [0.1, 0.15) is 17.3 Å². The SMILES string of the molecule is CCOc1cc(OCCc2cccc(F)c2)cc([C@@H](Nc2ccc(C#N)cc2)C(=O)O)c1. The summed E-state index contributed by atoms with van der Waals surface area (Å²) in [6, 6.07) is 18.8. The number of nitriles is 1. The summed E-state index contributed by atoms with van der Waals surface area (Å²) in [5, 5.41) is 21.7. The Hall–Kier alpha value is -4.05. The topological polar surface area (TPSA) is 91.6 Å². The van der Waals surface area contributed by atoms with Gasteiger partial charge in [0.2, 0.25) is 0 Å². The van der Waals surface area contributed by atoms with Crippen LogP contribution < -0.4 is 14.8 Å². The molecular formula is C25H23FN2O4. The largest absolute Gasteiger partial charge is 0.494 e. The van der Waals surface area contributed by atoms with Gasteiger partial charge < -0.3 is 19.9 Å². The minimum atomic E-state index is -1.08. The van der Waals surface area contributed by atoms with Crippen LogP contribution in [0.3, 0.4) is 0 Å². The van der Waals surface area contributed by atoms with Gasteiger partial charge in [-0.25, -0.2) is 9.18 Å². The number of anilines is 1. The van der Waals surface area contributed by atoms with E-state index in [-0.39, 0.29) is 5.82 Å². The van der Waals surface area contributed by atoms with Crippen molar-refractivity contribution in [2.45, 2.75) is 19.4 Å². The molecule has 0 saturated carbocycles. The second kappa shape index (κ2) is 10.8. The van der Waals surface area contributed by atoms with Crippen LogP contribution >= 0.6 is 0 Å². The lowest BCUT2D eigenvalue weighted by molar-refractivity contribution is -0.138. The van der Waals surface area contributed by atoms with Gasteiger partial charge in [0.15, 0.2) is 6.04 Å². The maximum absolute atomic E-state index is 13.4. The van der Waals surface area contributed by atoms with E-state index in [0.717, 1.165) is 5.56 Å². The predicted molar refractivity (Wildman–Crippen MR) is 118 cm³/mol. The van der Waals surface area contributed by atoms with Crippen LogP contribution in [-0.2, 0) is 11.2 Å². The van der Waals surface area contributed by atoms with Gasteiger partial charge in [0, 0.05) is 18.2 Å². The Morgan fingerprint density at radius 2 is 1.81 bits per heavy atom. The molecule has 1 atom stereocenters. The van der Waals surface area contributed by atoms with Crippen molar-refractivity contribution in [1.29, 1.82) is 5.26 Å². The molecule has 6 nitrogen and oxygen atoms in total. The number of carbonyl (C=O) groups is 1. The maximum atomic E-state index is 13.4. The lowest BCUT2D eigenvalue weighted by Gasteiger charge is -2.19. The number of hydrogen-bond acceptors (Lipinski definition) is 5. The van der Waals surface area contributed by atoms with Gasteiger partial charge in [-0.3, -0.25) is 0 Å². The van der Waals surface area contributed by atoms with Gasteiger partial charge in [-0.2, -0.15) is 5.26 Å². The predicted octanol–water partition coefficient (Wildman–Crippen LogP) is 4.96. The molecule has 3 aromatic carbocycles. The number of carboxylic acid groups (broad SMARTS) is 1. The van der Waals surface area contributed by atoms with E-state index in [1.54, 1.807) is 48.5 Å². The van der Waals surface area contributed by atoms with E-state index in [4.69, 9.17) is 14.7 Å². The highest BCUT2D eigenvalue weighted by molar-refractivity contribution is 5.79. The second-order valence-corrected chi connectivity index (χ2v) is 7.00. The third-order valence-corrected chi connectivity index (χ3v) is 4.67. The fourth-order valence-corrected chi connectivity index (χ4v) is 3.17. The number of benzene rings is 3. The molecule has 3 rings (SSSR count). The van der Waals surface area contributed by atoms with Crippen LogP contribution in [-0.4, -0.2) is 24.3 Å². The van der Waals surface area contributed by atoms with Crippen LogP contribution in [0.2, 0.25) is 0 Å². The number of carboxylic acids is 1. The molecule has 0 aliphatic carbocycles. The smallest absolute Gasteiger partial charge is 0.330 e. The van der Waals surface area contributed by atoms with Crippen LogP contribution in [0.25, 0.3) is 0 Å². The molecule has 3 aromatic rings. The number of halogens is 1. The fourth-order valence-electron chi connectivity index (χ4n) is 3.17. The van der Waals surface area contributed by atoms with Gasteiger partial charge in [0.25, 0.3) is 0 Å². The van der Waals surface area contributed by atoms with E-state index < -0.39 is 12.0 Å². The van der Waals surface area contributed by atoms with Crippen LogP contribution in [0.1, 0.15) is 29.7 Å². The number of nitrogens with zero attached hydrogens (tertiary/aromatic N) is 1. The molecule has 32 heavy (non-hydrogen) atoms. The summed E-state index contributed by atoms with van der Waals surface area (Å²) in [6.45, 7) is 2.53. The molecule has 0 saturated heterocycles. The van der Waals surface area contributed by atoms with Crippen molar-refractivity contribution < 1.29 is 23.8 Å². The summed E-state index contributed by atoms with van der Waals surface area (Å²) in [5.74, 6) is -0.441. The number of aliphatic carboxylic acids is 1. The number of nitrogens with one attached hydrogen (secondary N) is 1. The number of hydrogen-bond donors (Lipinski definition) is 2. The van der Waals surface area contributed by atoms with Crippen molar-refractivity contribution in [1.82, 2.24) is 0 Å². The van der Waals surface area contributed by atoms with Crippen LogP contribution in [0.5, 0.6) is 11.5 Å². The minimum Gasteiger partial charge on any atom is -0.494 e. The highest BCUT2D eigenvalue weighted by Gasteiger charge is 2.21. The molecule has 0 aromatic heterocycles. The Morgan fingerprint density at radius 3 is 2.44 bits per heavy atom. The monoisotopic (exact) mass is 434 g/mol. The van der Waals surface area contributed by atoms with Gasteiger partial charge in [-0.1, -0.05) is 12.1 Å². The fraction of sp³-hybridized carbons (Fsp3) is 0.200. The van der Waals surface area contributed by atoms with Crippen molar-refractivity contribution in [3.8, 4) is 17.6 Å². The molecule has 0 unspecified atom stereocenters. The quantitative estimate of drug-likeness (QED) is 0.469. The molecule has 0 fully saturated rings. The van der Waals surface area contributed by atoms with E-state index in [9.17, 15) is 14.3 Å². The standard InChI is InChI=1S/C25H23FN2O4/c1-2-31-22-13-19(24(25(29)30)28-21-8-6-18(16-27)7-9-21)14-23(15-22)32-11-10-17-4-3-5-20(26)12-17/h3-9,12-15,24,28H,2,10-11H2,1H3,(H,29,30)/t24-/m1/s1. The van der Waals surface area contributed by atoms with Gasteiger partial charge in [0.05, 0.1) is 24.8 Å². The Balaban J connectivity index is 1.79. The van der Waals surface area contributed by atoms with E-state index in [0.29, 0.717) is 47.9 Å². The van der Waals surface area contributed by atoms with Crippen molar-refractivity contribution in [3.63, 3.8) is 0 Å². The highest BCUT2D eigenvalue weighted by atomic mass is 19.1. The third kappa shape index (κ3) is 6.22. The molecule has 0 amide bonds. The lowest BCUT2D eigenvalue weighted by Crippen LogP contribution is -2.20.